The summed E-state index contributed by atoms with van der Waals surface area (Å²) >= 11 is 6.18. The van der Waals surface area contributed by atoms with E-state index in [9.17, 15) is 4.79 Å². The minimum Gasteiger partial charge on any atom is -0.496 e. The van der Waals surface area contributed by atoms with E-state index in [0.717, 1.165) is 11.1 Å². The normalized spacial score (nSPS) is 10.6. The molecule has 0 aliphatic heterocycles. The van der Waals surface area contributed by atoms with E-state index in [-0.39, 0.29) is 5.15 Å². The van der Waals surface area contributed by atoms with Crippen molar-refractivity contribution in [1.82, 2.24) is 9.97 Å². The fourth-order valence-electron chi connectivity index (χ4n) is 2.44. The van der Waals surface area contributed by atoms with E-state index in [4.69, 9.17) is 21.1 Å². The van der Waals surface area contributed by atoms with Gasteiger partial charge in [0.1, 0.15) is 17.2 Å². The van der Waals surface area contributed by atoms with Gasteiger partial charge in [0.15, 0.2) is 0 Å². The van der Waals surface area contributed by atoms with E-state index in [1.165, 1.54) is 13.4 Å². The minimum absolute atomic E-state index is 0.275. The molecule has 2 aromatic carbocycles. The van der Waals surface area contributed by atoms with Gasteiger partial charge < -0.3 is 9.47 Å². The first-order valence-electron chi connectivity index (χ1n) is 6.81. The Labute approximate surface area is 137 Å². The average Bonchev–Trinajstić information content (AvgIpc) is 2.60. The molecule has 0 atom stereocenters. The van der Waals surface area contributed by atoms with Gasteiger partial charge >= 0.3 is 5.97 Å². The van der Waals surface area contributed by atoms with Crippen LogP contribution in [0.15, 0.2) is 42.7 Å². The Balaban J connectivity index is 2.34. The topological polar surface area (TPSA) is 61.3 Å². The van der Waals surface area contributed by atoms with Gasteiger partial charge in [-0.25, -0.2) is 14.8 Å². The molecule has 0 aliphatic carbocycles. The van der Waals surface area contributed by atoms with Crippen LogP contribution in [-0.4, -0.2) is 30.2 Å². The number of carbonyl (C=O) groups is 1. The van der Waals surface area contributed by atoms with Crippen LogP contribution in [0.25, 0.3) is 22.0 Å². The minimum atomic E-state index is -0.485. The number of esters is 1. The SMILES string of the molecule is COC(=O)c1cc(-c2ccccc2OC)cc2c(Cl)ncnc12. The zero-order valence-corrected chi connectivity index (χ0v) is 13.3. The van der Waals surface area contributed by atoms with Crippen molar-refractivity contribution in [1.29, 1.82) is 0 Å². The molecule has 0 radical (unpaired) electrons. The number of aromatic nitrogens is 2. The number of hydrogen-bond donors (Lipinski definition) is 0. The van der Waals surface area contributed by atoms with Crippen molar-refractivity contribution < 1.29 is 14.3 Å². The first-order valence-corrected chi connectivity index (χ1v) is 7.19. The maximum Gasteiger partial charge on any atom is 0.340 e. The van der Waals surface area contributed by atoms with E-state index in [2.05, 4.69) is 9.97 Å². The fraction of sp³-hybridized carbons (Fsp3) is 0.118. The van der Waals surface area contributed by atoms with Gasteiger partial charge in [0, 0.05) is 10.9 Å². The summed E-state index contributed by atoms with van der Waals surface area (Å²) in [5.41, 5.74) is 2.39. The highest BCUT2D eigenvalue weighted by Gasteiger charge is 2.17. The lowest BCUT2D eigenvalue weighted by Gasteiger charge is -2.12. The molecule has 0 saturated heterocycles. The molecule has 6 heteroatoms. The Hall–Kier alpha value is -2.66. The molecule has 116 valence electrons. The molecule has 0 spiro atoms. The van der Waals surface area contributed by atoms with E-state index >= 15 is 0 Å². The standard InChI is InChI=1S/C17H13ClN2O3/c1-22-14-6-4-3-5-11(14)10-7-12-15(19-9-20-16(12)18)13(8-10)17(21)23-2/h3-9H,1-2H3. The third-order valence-corrected chi connectivity index (χ3v) is 3.81. The van der Waals surface area contributed by atoms with Crippen molar-refractivity contribution in [2.75, 3.05) is 14.2 Å². The largest absolute Gasteiger partial charge is 0.496 e. The third-order valence-electron chi connectivity index (χ3n) is 3.51. The number of fused-ring (bicyclic) bond motifs is 1. The highest BCUT2D eigenvalue weighted by atomic mass is 35.5. The Morgan fingerprint density at radius 3 is 2.65 bits per heavy atom. The summed E-state index contributed by atoms with van der Waals surface area (Å²) in [7, 11) is 2.92. The number of rotatable bonds is 3. The van der Waals surface area contributed by atoms with Crippen LogP contribution in [0.1, 0.15) is 10.4 Å². The number of hydrogen-bond acceptors (Lipinski definition) is 5. The van der Waals surface area contributed by atoms with Crippen molar-refractivity contribution in [3.63, 3.8) is 0 Å². The molecule has 0 amide bonds. The summed E-state index contributed by atoms with van der Waals surface area (Å²) in [6, 6.07) is 11.1. The zero-order chi connectivity index (χ0) is 16.4. The van der Waals surface area contributed by atoms with Gasteiger partial charge in [-0.2, -0.15) is 0 Å². The number of halogens is 1. The number of methoxy groups -OCH3 is 2. The van der Waals surface area contributed by atoms with Gasteiger partial charge in [-0.1, -0.05) is 29.8 Å². The molecule has 0 fully saturated rings. The molecule has 0 aliphatic rings. The Kier molecular flexibility index (Phi) is 4.12. The molecule has 0 unspecified atom stereocenters. The molecule has 23 heavy (non-hydrogen) atoms. The van der Waals surface area contributed by atoms with Crippen LogP contribution in [0.5, 0.6) is 5.75 Å². The van der Waals surface area contributed by atoms with E-state index < -0.39 is 5.97 Å². The van der Waals surface area contributed by atoms with Crippen LogP contribution in [0, 0.1) is 0 Å². The molecular formula is C17H13ClN2O3. The first kappa shape index (κ1) is 15.2. The molecule has 5 nitrogen and oxygen atoms in total. The fourth-order valence-corrected chi connectivity index (χ4v) is 2.63. The lowest BCUT2D eigenvalue weighted by atomic mass is 9.99. The number of nitrogens with zero attached hydrogens (tertiary/aromatic N) is 2. The van der Waals surface area contributed by atoms with Gasteiger partial charge in [0.25, 0.3) is 0 Å². The van der Waals surface area contributed by atoms with Crippen molar-refractivity contribution in [2.45, 2.75) is 0 Å². The highest BCUT2D eigenvalue weighted by molar-refractivity contribution is 6.34. The van der Waals surface area contributed by atoms with Gasteiger partial charge in [-0.05, 0) is 23.8 Å². The Bertz CT molecular complexity index is 896. The maximum absolute atomic E-state index is 12.1. The summed E-state index contributed by atoms with van der Waals surface area (Å²) in [6.45, 7) is 0. The van der Waals surface area contributed by atoms with Crippen molar-refractivity contribution >= 4 is 28.5 Å². The lowest BCUT2D eigenvalue weighted by molar-refractivity contribution is 0.0603. The van der Waals surface area contributed by atoms with Gasteiger partial charge in [0.2, 0.25) is 0 Å². The summed E-state index contributed by atoms with van der Waals surface area (Å²) in [5, 5.41) is 0.856. The summed E-state index contributed by atoms with van der Waals surface area (Å²) in [6.07, 6.45) is 1.32. The zero-order valence-electron chi connectivity index (χ0n) is 12.5. The van der Waals surface area contributed by atoms with Gasteiger partial charge in [0.05, 0.1) is 25.3 Å². The monoisotopic (exact) mass is 328 g/mol. The molecule has 3 rings (SSSR count). The molecular weight excluding hydrogens is 316 g/mol. The number of carbonyl (C=O) groups excluding carboxylic acids is 1. The predicted octanol–water partition coefficient (Wildman–Crippen LogP) is 3.75. The van der Waals surface area contributed by atoms with Gasteiger partial charge in [-0.15, -0.1) is 0 Å². The number of benzene rings is 2. The second-order valence-electron chi connectivity index (χ2n) is 4.78. The molecule has 0 saturated carbocycles. The quantitative estimate of drug-likeness (QED) is 0.541. The molecule has 1 aromatic heterocycles. The first-order chi connectivity index (χ1) is 11.2. The van der Waals surface area contributed by atoms with Crippen molar-refractivity contribution in [3.8, 4) is 16.9 Å². The smallest absolute Gasteiger partial charge is 0.340 e. The average molecular weight is 329 g/mol. The van der Waals surface area contributed by atoms with E-state index in [1.807, 2.05) is 30.3 Å². The van der Waals surface area contributed by atoms with Crippen molar-refractivity contribution in [2.24, 2.45) is 0 Å². The van der Waals surface area contributed by atoms with Gasteiger partial charge in [-0.3, -0.25) is 0 Å². The van der Waals surface area contributed by atoms with Crippen LogP contribution in [0.3, 0.4) is 0 Å². The molecule has 3 aromatic rings. The summed E-state index contributed by atoms with van der Waals surface area (Å²) in [5.74, 6) is 0.206. The van der Waals surface area contributed by atoms with Crippen molar-refractivity contribution in [3.05, 3.63) is 53.4 Å². The third kappa shape index (κ3) is 2.71. The van der Waals surface area contributed by atoms with Crippen LogP contribution in [0.4, 0.5) is 0 Å². The highest BCUT2D eigenvalue weighted by Crippen LogP contribution is 2.34. The van der Waals surface area contributed by atoms with E-state index in [0.29, 0.717) is 22.2 Å². The number of para-hydroxylation sites is 1. The van der Waals surface area contributed by atoms with Crippen LogP contribution >= 0.6 is 11.6 Å². The predicted molar refractivity (Wildman–Crippen MR) is 87.9 cm³/mol. The number of ether oxygens (including phenoxy) is 2. The second-order valence-corrected chi connectivity index (χ2v) is 5.13. The summed E-state index contributed by atoms with van der Waals surface area (Å²) < 4.78 is 10.2. The van der Waals surface area contributed by atoms with Crippen LogP contribution < -0.4 is 4.74 Å². The molecule has 0 N–H and O–H groups in total. The Morgan fingerprint density at radius 2 is 1.91 bits per heavy atom. The maximum atomic E-state index is 12.1. The Morgan fingerprint density at radius 1 is 1.13 bits per heavy atom. The van der Waals surface area contributed by atoms with Crippen LogP contribution in [-0.2, 0) is 4.74 Å². The molecule has 0 bridgehead atoms. The molecule has 1 heterocycles. The lowest BCUT2D eigenvalue weighted by Crippen LogP contribution is -2.04. The second kappa shape index (κ2) is 6.22. The summed E-state index contributed by atoms with van der Waals surface area (Å²) in [4.78, 5) is 20.3. The van der Waals surface area contributed by atoms with E-state index in [1.54, 1.807) is 13.2 Å². The van der Waals surface area contributed by atoms with Crippen LogP contribution in [0.2, 0.25) is 5.15 Å².